The van der Waals surface area contributed by atoms with Crippen LogP contribution in [-0.2, 0) is 0 Å². The fraction of sp³-hybridized carbons (Fsp3) is 0.0769. The summed E-state index contributed by atoms with van der Waals surface area (Å²) in [5.74, 6) is -0.282. The lowest BCUT2D eigenvalue weighted by molar-refractivity contribution is 0.0941. The van der Waals surface area contributed by atoms with E-state index in [2.05, 4.69) is 6.58 Å². The Hall–Kier alpha value is -2.16. The van der Waals surface area contributed by atoms with E-state index in [1.807, 2.05) is 24.3 Å². The molecule has 3 heteroatoms. The molecule has 1 aromatic carbocycles. The largest absolute Gasteiger partial charge is 0.289 e. The van der Waals surface area contributed by atoms with Gasteiger partial charge in [0.05, 0.1) is 5.52 Å². The van der Waals surface area contributed by atoms with Crippen molar-refractivity contribution >= 4 is 22.6 Å². The van der Waals surface area contributed by atoms with Gasteiger partial charge in [0, 0.05) is 24.1 Å². The van der Waals surface area contributed by atoms with Gasteiger partial charge in [0.15, 0.2) is 5.78 Å². The van der Waals surface area contributed by atoms with Gasteiger partial charge in [-0.15, -0.1) is 0 Å². The van der Waals surface area contributed by atoms with Crippen molar-refractivity contribution in [3.8, 4) is 0 Å². The van der Waals surface area contributed by atoms with Gasteiger partial charge in [-0.25, -0.2) is 0 Å². The Bertz CT molecular complexity index is 593. The van der Waals surface area contributed by atoms with E-state index in [9.17, 15) is 9.59 Å². The van der Waals surface area contributed by atoms with Gasteiger partial charge >= 0.3 is 0 Å². The molecule has 0 radical (unpaired) electrons. The number of nitrogens with zero attached hydrogens (tertiary/aromatic N) is 1. The van der Waals surface area contributed by atoms with Crippen LogP contribution in [0, 0.1) is 0 Å². The number of carbonyl (C=O) groups is 2. The van der Waals surface area contributed by atoms with E-state index in [4.69, 9.17) is 0 Å². The summed E-state index contributed by atoms with van der Waals surface area (Å²) in [6.07, 6.45) is 2.82. The van der Waals surface area contributed by atoms with Gasteiger partial charge in [0.1, 0.15) is 0 Å². The fourth-order valence-electron chi connectivity index (χ4n) is 1.75. The Morgan fingerprint density at radius 3 is 2.62 bits per heavy atom. The normalized spacial score (nSPS) is 10.3. The summed E-state index contributed by atoms with van der Waals surface area (Å²) in [6, 6.07) is 7.32. The number of rotatable bonds is 2. The number of carbonyl (C=O) groups excluding carboxylic acids is 2. The van der Waals surface area contributed by atoms with Crippen molar-refractivity contribution in [2.45, 2.75) is 6.92 Å². The monoisotopic (exact) mass is 213 g/mol. The number of fused-ring (bicyclic) bond motifs is 1. The van der Waals surface area contributed by atoms with E-state index in [1.165, 1.54) is 17.6 Å². The predicted octanol–water partition coefficient (Wildman–Crippen LogP) is 2.67. The predicted molar refractivity (Wildman–Crippen MR) is 62.8 cm³/mol. The van der Waals surface area contributed by atoms with Crippen molar-refractivity contribution in [3.05, 3.63) is 48.7 Å². The second-order valence-electron chi connectivity index (χ2n) is 3.52. The average Bonchev–Trinajstić information content (AvgIpc) is 2.67. The highest BCUT2D eigenvalue weighted by molar-refractivity contribution is 6.14. The topological polar surface area (TPSA) is 39.1 Å². The molecule has 2 aromatic rings. The summed E-state index contributed by atoms with van der Waals surface area (Å²) in [5, 5.41) is 0.780. The number of para-hydroxylation sites is 1. The van der Waals surface area contributed by atoms with Gasteiger partial charge in [0.2, 0.25) is 5.91 Å². The summed E-state index contributed by atoms with van der Waals surface area (Å²) < 4.78 is 1.48. The quantitative estimate of drug-likeness (QED) is 0.568. The van der Waals surface area contributed by atoms with Crippen LogP contribution in [0.5, 0.6) is 0 Å². The first kappa shape index (κ1) is 10.4. The zero-order valence-electron chi connectivity index (χ0n) is 8.93. The Labute approximate surface area is 93.0 Å². The highest BCUT2D eigenvalue weighted by atomic mass is 16.2. The molecule has 0 aliphatic rings. The summed E-state index contributed by atoms with van der Waals surface area (Å²) in [5.41, 5.74) is 1.26. The lowest BCUT2D eigenvalue weighted by atomic mass is 10.1. The number of ketones is 1. The molecule has 2 rings (SSSR count). The second-order valence-corrected chi connectivity index (χ2v) is 3.52. The molecular weight excluding hydrogens is 202 g/mol. The highest BCUT2D eigenvalue weighted by Gasteiger charge is 2.13. The standard InChI is InChI=1S/C13H11NO2/c1-3-13(16)11-8-14(9(2)15)12-7-5-4-6-10(11)12/h3-8H,1H2,2H3. The van der Waals surface area contributed by atoms with Gasteiger partial charge in [-0.1, -0.05) is 24.8 Å². The van der Waals surface area contributed by atoms with E-state index in [0.717, 1.165) is 10.9 Å². The first-order valence-electron chi connectivity index (χ1n) is 4.93. The second kappa shape index (κ2) is 3.77. The molecule has 0 saturated heterocycles. The molecule has 1 heterocycles. The van der Waals surface area contributed by atoms with E-state index in [1.54, 1.807) is 6.20 Å². The summed E-state index contributed by atoms with van der Waals surface area (Å²) in [7, 11) is 0. The average molecular weight is 213 g/mol. The Morgan fingerprint density at radius 2 is 2.00 bits per heavy atom. The molecule has 0 fully saturated rings. The van der Waals surface area contributed by atoms with E-state index in [-0.39, 0.29) is 11.7 Å². The molecule has 16 heavy (non-hydrogen) atoms. The maximum atomic E-state index is 11.6. The van der Waals surface area contributed by atoms with Crippen molar-refractivity contribution in [2.75, 3.05) is 0 Å². The lowest BCUT2D eigenvalue weighted by Crippen LogP contribution is -2.03. The molecule has 0 saturated carbocycles. The smallest absolute Gasteiger partial charge is 0.227 e. The van der Waals surface area contributed by atoms with Crippen LogP contribution >= 0.6 is 0 Å². The minimum atomic E-state index is -0.170. The zero-order valence-corrected chi connectivity index (χ0v) is 8.93. The number of hydrogen-bond donors (Lipinski definition) is 0. The lowest BCUT2D eigenvalue weighted by Gasteiger charge is -1.96. The summed E-state index contributed by atoms with van der Waals surface area (Å²) in [6.45, 7) is 4.92. The maximum absolute atomic E-state index is 11.6. The molecule has 0 bridgehead atoms. The molecule has 0 aliphatic carbocycles. The van der Waals surface area contributed by atoms with Crippen LogP contribution in [0.15, 0.2) is 43.1 Å². The van der Waals surface area contributed by atoms with Gasteiger partial charge in [-0.2, -0.15) is 0 Å². The van der Waals surface area contributed by atoms with Crippen LogP contribution in [0.2, 0.25) is 0 Å². The van der Waals surface area contributed by atoms with Crippen LogP contribution < -0.4 is 0 Å². The minimum absolute atomic E-state index is 0.112. The third kappa shape index (κ3) is 1.46. The zero-order chi connectivity index (χ0) is 11.7. The minimum Gasteiger partial charge on any atom is -0.289 e. The SMILES string of the molecule is C=CC(=O)c1cn(C(C)=O)c2ccccc12. The number of benzene rings is 1. The van der Waals surface area contributed by atoms with Crippen LogP contribution in [0.4, 0.5) is 0 Å². The van der Waals surface area contributed by atoms with Crippen LogP contribution in [-0.4, -0.2) is 16.3 Å². The molecule has 80 valence electrons. The molecular formula is C13H11NO2. The molecule has 0 amide bonds. The Morgan fingerprint density at radius 1 is 1.31 bits per heavy atom. The van der Waals surface area contributed by atoms with Crippen LogP contribution in [0.1, 0.15) is 22.1 Å². The van der Waals surface area contributed by atoms with Gasteiger partial charge in [-0.05, 0) is 12.1 Å². The Kier molecular flexibility index (Phi) is 2.44. The number of hydrogen-bond acceptors (Lipinski definition) is 2. The van der Waals surface area contributed by atoms with Crippen molar-refractivity contribution in [1.29, 1.82) is 0 Å². The van der Waals surface area contributed by atoms with Crippen molar-refractivity contribution in [3.63, 3.8) is 0 Å². The summed E-state index contributed by atoms with van der Waals surface area (Å²) >= 11 is 0. The fourth-order valence-corrected chi connectivity index (χ4v) is 1.75. The van der Waals surface area contributed by atoms with Crippen molar-refractivity contribution < 1.29 is 9.59 Å². The summed E-state index contributed by atoms with van der Waals surface area (Å²) in [4.78, 5) is 23.0. The third-order valence-corrected chi connectivity index (χ3v) is 2.50. The first-order valence-corrected chi connectivity index (χ1v) is 4.93. The van der Waals surface area contributed by atoms with Crippen LogP contribution in [0.3, 0.4) is 0 Å². The van der Waals surface area contributed by atoms with Gasteiger partial charge in [-0.3, -0.25) is 14.2 Å². The molecule has 0 unspecified atom stereocenters. The van der Waals surface area contributed by atoms with E-state index in [0.29, 0.717) is 5.56 Å². The maximum Gasteiger partial charge on any atom is 0.227 e. The first-order chi connectivity index (χ1) is 7.65. The molecule has 0 N–H and O–H groups in total. The molecule has 0 atom stereocenters. The number of allylic oxidation sites excluding steroid dienone is 1. The number of aromatic nitrogens is 1. The van der Waals surface area contributed by atoms with Crippen molar-refractivity contribution in [1.82, 2.24) is 4.57 Å². The molecule has 1 aromatic heterocycles. The van der Waals surface area contributed by atoms with E-state index >= 15 is 0 Å². The van der Waals surface area contributed by atoms with Gasteiger partial charge < -0.3 is 0 Å². The molecule has 0 aliphatic heterocycles. The van der Waals surface area contributed by atoms with E-state index < -0.39 is 0 Å². The highest BCUT2D eigenvalue weighted by Crippen LogP contribution is 2.21. The molecule has 0 spiro atoms. The van der Waals surface area contributed by atoms with Crippen LogP contribution in [0.25, 0.3) is 10.9 Å². The van der Waals surface area contributed by atoms with Gasteiger partial charge in [0.25, 0.3) is 0 Å². The Balaban J connectivity index is 2.81. The van der Waals surface area contributed by atoms with Crippen molar-refractivity contribution in [2.24, 2.45) is 0 Å². The third-order valence-electron chi connectivity index (χ3n) is 2.50. The molecule has 3 nitrogen and oxygen atoms in total.